The number of rotatable bonds is 5. The molecule has 0 aromatic rings. The molecule has 0 radical (unpaired) electrons. The molecule has 0 saturated heterocycles. The van der Waals surface area contributed by atoms with Crippen LogP contribution in [0, 0.1) is 5.92 Å². The van der Waals surface area contributed by atoms with Crippen molar-refractivity contribution in [3.8, 4) is 0 Å². The Balaban J connectivity index is 2.23. The molecule has 86 valence electrons. The van der Waals surface area contributed by atoms with Gasteiger partial charge in [-0.3, -0.25) is 4.79 Å². The number of hydrogen-bond acceptors (Lipinski definition) is 3. The van der Waals surface area contributed by atoms with E-state index in [0.717, 1.165) is 25.8 Å². The molecule has 0 bridgehead atoms. The van der Waals surface area contributed by atoms with Crippen molar-refractivity contribution >= 4 is 5.91 Å². The maximum atomic E-state index is 11.5. The number of ether oxygens (including phenoxy) is 1. The minimum Gasteiger partial charge on any atom is -0.370 e. The number of nitrogens with one attached hydrogen (secondary N) is 1. The highest BCUT2D eigenvalue weighted by atomic mass is 16.5. The second-order valence-corrected chi connectivity index (χ2v) is 3.86. The summed E-state index contributed by atoms with van der Waals surface area (Å²) in [7, 11) is 1.50. The lowest BCUT2D eigenvalue weighted by Crippen LogP contribution is -2.42. The van der Waals surface area contributed by atoms with Crippen LogP contribution in [0.3, 0.4) is 0 Å². The molecule has 0 aromatic heterocycles. The van der Waals surface area contributed by atoms with E-state index in [-0.39, 0.29) is 12.5 Å². The highest BCUT2D eigenvalue weighted by molar-refractivity contribution is 5.80. The van der Waals surface area contributed by atoms with Crippen LogP contribution in [-0.4, -0.2) is 32.2 Å². The maximum Gasteiger partial charge on any atom is 0.250 e. The van der Waals surface area contributed by atoms with Gasteiger partial charge in [-0.2, -0.15) is 0 Å². The van der Waals surface area contributed by atoms with Crippen molar-refractivity contribution in [1.29, 1.82) is 0 Å². The van der Waals surface area contributed by atoms with Crippen molar-refractivity contribution in [1.82, 2.24) is 5.32 Å². The maximum absolute atomic E-state index is 11.5. The minimum atomic E-state index is -0.510. The summed E-state index contributed by atoms with van der Waals surface area (Å²) in [6.45, 7) is 0.954. The van der Waals surface area contributed by atoms with Gasteiger partial charge < -0.3 is 15.8 Å². The van der Waals surface area contributed by atoms with E-state index in [1.807, 2.05) is 0 Å². The fourth-order valence-electron chi connectivity index (χ4n) is 1.71. The SMILES string of the molecule is COC(CN)C(=O)NCC1CC=CCC1. The quantitative estimate of drug-likeness (QED) is 0.650. The minimum absolute atomic E-state index is 0.102. The number of carbonyl (C=O) groups is 1. The Labute approximate surface area is 90.9 Å². The summed E-state index contributed by atoms with van der Waals surface area (Å²) in [6.07, 6.45) is 7.18. The van der Waals surface area contributed by atoms with Crippen molar-refractivity contribution in [3.63, 3.8) is 0 Å². The predicted octanol–water partition coefficient (Wildman–Crippen LogP) is 0.433. The molecule has 0 saturated carbocycles. The Hall–Kier alpha value is -0.870. The molecule has 4 heteroatoms. The third kappa shape index (κ3) is 4.01. The fourth-order valence-corrected chi connectivity index (χ4v) is 1.71. The van der Waals surface area contributed by atoms with Gasteiger partial charge in [0.1, 0.15) is 6.10 Å². The summed E-state index contributed by atoms with van der Waals surface area (Å²) in [5, 5.41) is 2.88. The van der Waals surface area contributed by atoms with Crippen LogP contribution in [0.2, 0.25) is 0 Å². The molecule has 1 amide bonds. The zero-order valence-electron chi connectivity index (χ0n) is 9.24. The summed E-state index contributed by atoms with van der Waals surface area (Å²) < 4.78 is 4.95. The van der Waals surface area contributed by atoms with E-state index in [4.69, 9.17) is 10.5 Å². The highest BCUT2D eigenvalue weighted by Gasteiger charge is 2.17. The lowest BCUT2D eigenvalue weighted by molar-refractivity contribution is -0.130. The first-order valence-corrected chi connectivity index (χ1v) is 5.43. The smallest absolute Gasteiger partial charge is 0.250 e. The molecular weight excluding hydrogens is 192 g/mol. The molecule has 2 unspecified atom stereocenters. The van der Waals surface area contributed by atoms with Gasteiger partial charge in [-0.15, -0.1) is 0 Å². The molecule has 0 aliphatic heterocycles. The molecule has 1 rings (SSSR count). The van der Waals surface area contributed by atoms with Crippen LogP contribution in [-0.2, 0) is 9.53 Å². The molecule has 0 aromatic carbocycles. The normalized spacial score (nSPS) is 22.4. The monoisotopic (exact) mass is 212 g/mol. The number of hydrogen-bond donors (Lipinski definition) is 2. The second-order valence-electron chi connectivity index (χ2n) is 3.86. The molecule has 1 aliphatic rings. The van der Waals surface area contributed by atoms with E-state index in [0.29, 0.717) is 5.92 Å². The van der Waals surface area contributed by atoms with Gasteiger partial charge in [-0.05, 0) is 25.2 Å². The number of allylic oxidation sites excluding steroid dienone is 2. The predicted molar refractivity (Wildman–Crippen MR) is 59.3 cm³/mol. The molecule has 0 heterocycles. The molecule has 2 atom stereocenters. The zero-order valence-corrected chi connectivity index (χ0v) is 9.24. The van der Waals surface area contributed by atoms with E-state index in [2.05, 4.69) is 17.5 Å². The van der Waals surface area contributed by atoms with E-state index < -0.39 is 6.10 Å². The lowest BCUT2D eigenvalue weighted by Gasteiger charge is -2.20. The second kappa shape index (κ2) is 6.58. The summed E-state index contributed by atoms with van der Waals surface area (Å²) in [5.41, 5.74) is 5.40. The van der Waals surface area contributed by atoms with Crippen LogP contribution in [0.4, 0.5) is 0 Å². The van der Waals surface area contributed by atoms with E-state index in [9.17, 15) is 4.79 Å². The average Bonchev–Trinajstić information content (AvgIpc) is 2.29. The summed E-state index contributed by atoms with van der Waals surface area (Å²) in [4.78, 5) is 11.5. The topological polar surface area (TPSA) is 64.3 Å². The number of carbonyl (C=O) groups excluding carboxylic acids is 1. The van der Waals surface area contributed by atoms with Crippen LogP contribution in [0.5, 0.6) is 0 Å². The van der Waals surface area contributed by atoms with Crippen LogP contribution in [0.25, 0.3) is 0 Å². The Kier molecular flexibility index (Phi) is 5.36. The van der Waals surface area contributed by atoms with Crippen molar-refractivity contribution < 1.29 is 9.53 Å². The first kappa shape index (κ1) is 12.2. The molecule has 4 nitrogen and oxygen atoms in total. The Morgan fingerprint density at radius 1 is 1.67 bits per heavy atom. The van der Waals surface area contributed by atoms with Crippen molar-refractivity contribution in [3.05, 3.63) is 12.2 Å². The Bertz CT molecular complexity index is 225. The van der Waals surface area contributed by atoms with Crippen molar-refractivity contribution in [2.75, 3.05) is 20.2 Å². The number of nitrogens with two attached hydrogens (primary N) is 1. The number of amides is 1. The summed E-state index contributed by atoms with van der Waals surface area (Å²) >= 11 is 0. The fraction of sp³-hybridized carbons (Fsp3) is 0.727. The molecule has 3 N–H and O–H groups in total. The van der Waals surface area contributed by atoms with Crippen LogP contribution in [0.1, 0.15) is 19.3 Å². The third-order valence-electron chi connectivity index (χ3n) is 2.73. The molecular formula is C11H20N2O2. The highest BCUT2D eigenvalue weighted by Crippen LogP contribution is 2.16. The van der Waals surface area contributed by atoms with Gasteiger partial charge in [0, 0.05) is 20.2 Å². The van der Waals surface area contributed by atoms with E-state index in [1.165, 1.54) is 7.11 Å². The van der Waals surface area contributed by atoms with Crippen LogP contribution >= 0.6 is 0 Å². The number of methoxy groups -OCH3 is 1. The van der Waals surface area contributed by atoms with Crippen molar-refractivity contribution in [2.45, 2.75) is 25.4 Å². The average molecular weight is 212 g/mol. The van der Waals surface area contributed by atoms with Crippen LogP contribution in [0.15, 0.2) is 12.2 Å². The van der Waals surface area contributed by atoms with E-state index >= 15 is 0 Å². The zero-order chi connectivity index (χ0) is 11.1. The van der Waals surface area contributed by atoms with Crippen molar-refractivity contribution in [2.24, 2.45) is 11.7 Å². The van der Waals surface area contributed by atoms with Gasteiger partial charge in [-0.1, -0.05) is 12.2 Å². The first-order chi connectivity index (χ1) is 7.27. The van der Waals surface area contributed by atoms with E-state index in [1.54, 1.807) is 0 Å². The van der Waals surface area contributed by atoms with Gasteiger partial charge in [-0.25, -0.2) is 0 Å². The molecule has 0 spiro atoms. The van der Waals surface area contributed by atoms with Gasteiger partial charge in [0.2, 0.25) is 5.91 Å². The Morgan fingerprint density at radius 3 is 3.00 bits per heavy atom. The molecule has 15 heavy (non-hydrogen) atoms. The van der Waals surface area contributed by atoms with Gasteiger partial charge in [0.05, 0.1) is 0 Å². The van der Waals surface area contributed by atoms with Gasteiger partial charge in [0.25, 0.3) is 0 Å². The lowest BCUT2D eigenvalue weighted by atomic mass is 9.94. The largest absolute Gasteiger partial charge is 0.370 e. The van der Waals surface area contributed by atoms with Crippen LogP contribution < -0.4 is 11.1 Å². The summed E-state index contributed by atoms with van der Waals surface area (Å²) in [6, 6.07) is 0. The van der Waals surface area contributed by atoms with Gasteiger partial charge >= 0.3 is 0 Å². The molecule has 1 aliphatic carbocycles. The summed E-state index contributed by atoms with van der Waals surface area (Å²) in [5.74, 6) is 0.462. The Morgan fingerprint density at radius 2 is 2.47 bits per heavy atom. The standard InChI is InChI=1S/C11H20N2O2/c1-15-10(7-12)11(14)13-8-9-5-3-2-4-6-9/h2-3,9-10H,4-8,12H2,1H3,(H,13,14). The van der Waals surface area contributed by atoms with Gasteiger partial charge in [0.15, 0.2) is 0 Å². The third-order valence-corrected chi connectivity index (χ3v) is 2.73. The molecule has 0 fully saturated rings. The first-order valence-electron chi connectivity index (χ1n) is 5.43.